The van der Waals surface area contributed by atoms with Gasteiger partial charge in [-0.15, -0.1) is 0 Å². The second-order valence-corrected chi connectivity index (χ2v) is 13.8. The molecule has 0 aliphatic carbocycles. The van der Waals surface area contributed by atoms with Gasteiger partial charge in [-0.1, -0.05) is 72.2 Å². The number of benzene rings is 2. The first-order valence-corrected chi connectivity index (χ1v) is 17.4. The van der Waals surface area contributed by atoms with Crippen LogP contribution < -0.4 is 32.3 Å². The van der Waals surface area contributed by atoms with Crippen molar-refractivity contribution in [2.45, 2.75) is 104 Å². The number of amides is 5. The normalized spacial score (nSPS) is 15.3. The summed E-state index contributed by atoms with van der Waals surface area (Å²) < 4.78 is 0. The second-order valence-electron chi connectivity index (χ2n) is 13.8. The van der Waals surface area contributed by atoms with Gasteiger partial charge in [-0.05, 0) is 66.5 Å². The van der Waals surface area contributed by atoms with E-state index in [1.54, 1.807) is 58.9 Å². The molecule has 0 radical (unpaired) electrons. The Bertz CT molecular complexity index is 1530. The van der Waals surface area contributed by atoms with Gasteiger partial charge in [0.05, 0.1) is 6.04 Å². The minimum absolute atomic E-state index is 0.00876. The molecule has 0 spiro atoms. The van der Waals surface area contributed by atoms with Crippen LogP contribution in [0.4, 0.5) is 0 Å². The number of nitrogens with two attached hydrogens (primary N) is 1. The van der Waals surface area contributed by atoms with E-state index in [4.69, 9.17) is 5.73 Å². The Labute approximate surface area is 304 Å². The fraction of sp³-hybridized carbons (Fsp3) is 0.514. The molecular formula is C37H54N6O9. The summed E-state index contributed by atoms with van der Waals surface area (Å²) in [4.78, 5) is 78.8. The molecule has 0 unspecified atom stereocenters. The summed E-state index contributed by atoms with van der Waals surface area (Å²) in [5.41, 5.74) is 7.42. The topological polar surface area (TPSA) is 249 Å². The molecule has 0 saturated heterocycles. The number of aliphatic carboxylic acids is 1. The van der Waals surface area contributed by atoms with Crippen LogP contribution in [0, 0.1) is 17.8 Å². The Hall–Kier alpha value is -5.18. The fourth-order valence-electron chi connectivity index (χ4n) is 5.21. The molecule has 2 aromatic rings. The predicted molar refractivity (Wildman–Crippen MR) is 194 cm³/mol. The van der Waals surface area contributed by atoms with Gasteiger partial charge in [0.15, 0.2) is 0 Å². The SMILES string of the molecule is CC[C@H](C)[C@H](NC(=O)[C@@H](NC(=O)[C@@H](N)Cc1ccc(O)cc1)C(C)C)C(=O)N[C@@H](Cc1ccc(O)cc1)C(=O)N[C@H](C(=O)N[C@H](C)C(=O)O)C(C)C. The molecule has 15 nitrogen and oxygen atoms in total. The van der Waals surface area contributed by atoms with E-state index in [-0.39, 0.29) is 24.3 Å². The van der Waals surface area contributed by atoms with Crippen LogP contribution in [0.25, 0.3) is 0 Å². The van der Waals surface area contributed by atoms with Crippen LogP contribution in [0.3, 0.4) is 0 Å². The highest BCUT2D eigenvalue weighted by Gasteiger charge is 2.35. The first-order valence-electron chi connectivity index (χ1n) is 17.4. The lowest BCUT2D eigenvalue weighted by Gasteiger charge is -2.30. The summed E-state index contributed by atoms with van der Waals surface area (Å²) in [6, 6.07) is 5.38. The van der Waals surface area contributed by atoms with Gasteiger partial charge in [-0.3, -0.25) is 28.8 Å². The number of nitrogens with one attached hydrogen (secondary N) is 5. The molecule has 0 aliphatic rings. The molecule has 0 fully saturated rings. The smallest absolute Gasteiger partial charge is 0.325 e. The van der Waals surface area contributed by atoms with Gasteiger partial charge in [-0.25, -0.2) is 0 Å². The van der Waals surface area contributed by atoms with Gasteiger partial charge >= 0.3 is 5.97 Å². The number of phenolic OH excluding ortho intramolecular Hbond substituents is 2. The summed E-state index contributed by atoms with van der Waals surface area (Å²) in [5.74, 6) is -5.84. The van der Waals surface area contributed by atoms with Crippen LogP contribution in [0.15, 0.2) is 48.5 Å². The van der Waals surface area contributed by atoms with Crippen LogP contribution in [0.5, 0.6) is 11.5 Å². The Morgan fingerprint density at radius 2 is 0.981 bits per heavy atom. The van der Waals surface area contributed by atoms with Crippen molar-refractivity contribution in [1.29, 1.82) is 0 Å². The summed E-state index contributed by atoms with van der Waals surface area (Å²) in [6.45, 7) is 11.7. The first-order chi connectivity index (χ1) is 24.3. The van der Waals surface area contributed by atoms with E-state index in [0.717, 1.165) is 0 Å². The van der Waals surface area contributed by atoms with Crippen molar-refractivity contribution in [3.05, 3.63) is 59.7 Å². The van der Waals surface area contributed by atoms with Crippen molar-refractivity contribution in [1.82, 2.24) is 26.6 Å². The number of hydrogen-bond acceptors (Lipinski definition) is 9. The third kappa shape index (κ3) is 13.2. The minimum atomic E-state index is -1.26. The molecule has 2 rings (SSSR count). The summed E-state index contributed by atoms with van der Waals surface area (Å²) >= 11 is 0. The molecule has 15 heteroatoms. The summed E-state index contributed by atoms with van der Waals surface area (Å²) in [6.07, 6.45) is 0.556. The number of phenols is 2. The third-order valence-corrected chi connectivity index (χ3v) is 8.75. The van der Waals surface area contributed by atoms with E-state index < -0.39 is 89.5 Å². The average molecular weight is 727 g/mol. The predicted octanol–water partition coefficient (Wildman–Crippen LogP) is 1.10. The maximum Gasteiger partial charge on any atom is 0.325 e. The Morgan fingerprint density at radius 1 is 0.577 bits per heavy atom. The molecule has 5 amide bonds. The molecule has 0 bridgehead atoms. The van der Waals surface area contributed by atoms with Crippen LogP contribution in [0.1, 0.15) is 66.0 Å². The quantitative estimate of drug-likeness (QED) is 0.0997. The number of carboxylic acid groups (broad SMARTS) is 1. The molecule has 52 heavy (non-hydrogen) atoms. The van der Waals surface area contributed by atoms with Crippen LogP contribution in [0.2, 0.25) is 0 Å². The Kier molecular flexibility index (Phi) is 16.5. The van der Waals surface area contributed by atoms with Crippen molar-refractivity contribution < 1.29 is 44.1 Å². The van der Waals surface area contributed by atoms with Gasteiger partial charge in [-0.2, -0.15) is 0 Å². The Morgan fingerprint density at radius 3 is 1.42 bits per heavy atom. The molecular weight excluding hydrogens is 672 g/mol. The molecule has 286 valence electrons. The van der Waals surface area contributed by atoms with Crippen LogP contribution in [-0.2, 0) is 41.6 Å². The largest absolute Gasteiger partial charge is 0.508 e. The van der Waals surface area contributed by atoms with Gasteiger partial charge in [0, 0.05) is 6.42 Å². The minimum Gasteiger partial charge on any atom is -0.508 e. The number of aromatic hydroxyl groups is 2. The molecule has 10 N–H and O–H groups in total. The van der Waals surface area contributed by atoms with Gasteiger partial charge in [0.25, 0.3) is 0 Å². The fourth-order valence-corrected chi connectivity index (χ4v) is 5.21. The molecule has 2 aromatic carbocycles. The molecule has 0 saturated carbocycles. The zero-order chi connectivity index (χ0) is 39.3. The van der Waals surface area contributed by atoms with Crippen molar-refractivity contribution in [2.24, 2.45) is 23.5 Å². The van der Waals surface area contributed by atoms with Crippen molar-refractivity contribution in [3.63, 3.8) is 0 Å². The number of rotatable bonds is 19. The highest BCUT2D eigenvalue weighted by molar-refractivity contribution is 5.96. The Balaban J connectivity index is 2.31. The molecule has 7 atom stereocenters. The van der Waals surface area contributed by atoms with E-state index >= 15 is 0 Å². The van der Waals surface area contributed by atoms with E-state index in [2.05, 4.69) is 26.6 Å². The van der Waals surface area contributed by atoms with Crippen molar-refractivity contribution >= 4 is 35.5 Å². The average Bonchev–Trinajstić information content (AvgIpc) is 3.08. The maximum absolute atomic E-state index is 13.9. The highest BCUT2D eigenvalue weighted by atomic mass is 16.4. The van der Waals surface area contributed by atoms with Crippen molar-refractivity contribution in [3.8, 4) is 11.5 Å². The highest BCUT2D eigenvalue weighted by Crippen LogP contribution is 2.15. The number of carbonyl (C=O) groups is 6. The third-order valence-electron chi connectivity index (χ3n) is 8.75. The van der Waals surface area contributed by atoms with Gasteiger partial charge in [0.2, 0.25) is 29.5 Å². The monoisotopic (exact) mass is 726 g/mol. The van der Waals surface area contributed by atoms with Crippen LogP contribution >= 0.6 is 0 Å². The number of carbonyl (C=O) groups excluding carboxylic acids is 5. The van der Waals surface area contributed by atoms with E-state index in [9.17, 15) is 44.1 Å². The number of hydrogen-bond donors (Lipinski definition) is 9. The van der Waals surface area contributed by atoms with Gasteiger partial charge < -0.3 is 47.6 Å². The molecule has 0 aliphatic heterocycles. The van der Waals surface area contributed by atoms with E-state index in [0.29, 0.717) is 17.5 Å². The van der Waals surface area contributed by atoms with Crippen LogP contribution in [-0.4, -0.2) is 87.1 Å². The lowest BCUT2D eigenvalue weighted by atomic mass is 9.95. The van der Waals surface area contributed by atoms with E-state index in [1.807, 2.05) is 6.92 Å². The first kappa shape index (κ1) is 43.0. The van der Waals surface area contributed by atoms with Crippen molar-refractivity contribution in [2.75, 3.05) is 0 Å². The molecule has 0 heterocycles. The van der Waals surface area contributed by atoms with Gasteiger partial charge in [0.1, 0.15) is 41.7 Å². The second kappa shape index (κ2) is 20.0. The lowest BCUT2D eigenvalue weighted by Crippen LogP contribution is -2.61. The maximum atomic E-state index is 13.9. The standard InChI is InChI=1S/C37H54N6O9/c1-8-21(6)31(43-35(49)30(20(4)5)41-32(46)27(38)17-23-9-13-25(44)14-10-23)36(50)40-28(18-24-11-15-26(45)16-12-24)33(47)42-29(19(2)3)34(48)39-22(7)37(51)52/h9-16,19-22,27-31,44-45H,8,17-18,38H2,1-7H3,(H,39,48)(H,40,50)(H,41,46)(H,42,47)(H,43,49)(H,51,52)/t21-,22+,27-,28-,29-,30-,31-/m0/s1. The summed E-state index contributed by atoms with van der Waals surface area (Å²) in [5, 5.41) is 41.7. The summed E-state index contributed by atoms with van der Waals surface area (Å²) in [7, 11) is 0. The van der Waals surface area contributed by atoms with E-state index in [1.165, 1.54) is 31.2 Å². The number of carboxylic acids is 1. The molecule has 0 aromatic heterocycles. The zero-order valence-corrected chi connectivity index (χ0v) is 30.8. The zero-order valence-electron chi connectivity index (χ0n) is 30.8. The lowest BCUT2D eigenvalue weighted by molar-refractivity contribution is -0.142.